The summed E-state index contributed by atoms with van der Waals surface area (Å²) >= 11 is 0. The molecule has 29 heavy (non-hydrogen) atoms. The minimum absolute atomic E-state index is 0.154. The number of hydrogen-bond acceptors (Lipinski definition) is 3. The molecule has 2 heterocycles. The molecular formula is C24H31N3O2. The summed E-state index contributed by atoms with van der Waals surface area (Å²) in [5.41, 5.74) is 6.62. The van der Waals surface area contributed by atoms with Crippen molar-refractivity contribution in [2.75, 3.05) is 6.54 Å². The van der Waals surface area contributed by atoms with Crippen LogP contribution in [0.2, 0.25) is 0 Å². The third-order valence-electron chi connectivity index (χ3n) is 6.29. The van der Waals surface area contributed by atoms with Gasteiger partial charge in [0.1, 0.15) is 5.75 Å². The van der Waals surface area contributed by atoms with E-state index < -0.39 is 0 Å². The summed E-state index contributed by atoms with van der Waals surface area (Å²) < 4.78 is 2.27. The number of aryl methyl sites for hydroxylation is 2. The van der Waals surface area contributed by atoms with Gasteiger partial charge in [0, 0.05) is 41.3 Å². The van der Waals surface area contributed by atoms with Gasteiger partial charge in [-0.05, 0) is 62.9 Å². The number of nitrogens with one attached hydrogen (secondary N) is 2. The van der Waals surface area contributed by atoms with Crippen LogP contribution in [0.25, 0.3) is 22.2 Å². The number of aromatic amines is 1. The number of H-pyrrole nitrogens is 1. The first-order valence-corrected chi connectivity index (χ1v) is 10.8. The van der Waals surface area contributed by atoms with Crippen LogP contribution in [-0.4, -0.2) is 21.2 Å². The summed E-state index contributed by atoms with van der Waals surface area (Å²) in [6.07, 6.45) is 6.38. The van der Waals surface area contributed by atoms with Gasteiger partial charge in [0.25, 0.3) is 5.56 Å². The summed E-state index contributed by atoms with van der Waals surface area (Å²) in [6.45, 7) is 5.80. The van der Waals surface area contributed by atoms with E-state index in [9.17, 15) is 9.90 Å². The Hall–Kier alpha value is -2.53. The highest BCUT2D eigenvalue weighted by atomic mass is 16.3. The molecule has 0 atom stereocenters. The van der Waals surface area contributed by atoms with Crippen molar-refractivity contribution in [3.05, 3.63) is 50.9 Å². The molecule has 1 aliphatic carbocycles. The quantitative estimate of drug-likeness (QED) is 0.546. The van der Waals surface area contributed by atoms with Crippen molar-refractivity contribution in [3.8, 4) is 17.0 Å². The molecule has 0 bridgehead atoms. The lowest BCUT2D eigenvalue weighted by Crippen LogP contribution is -2.16. The molecule has 3 N–H and O–H groups in total. The van der Waals surface area contributed by atoms with E-state index in [1.54, 1.807) is 6.92 Å². The Morgan fingerprint density at radius 1 is 1.21 bits per heavy atom. The third kappa shape index (κ3) is 3.60. The maximum absolute atomic E-state index is 12.3. The second kappa shape index (κ2) is 8.07. The number of hydrogen-bond donors (Lipinski definition) is 3. The summed E-state index contributed by atoms with van der Waals surface area (Å²) in [5.74, 6) is 0.154. The molecule has 4 rings (SSSR count). The zero-order valence-electron chi connectivity index (χ0n) is 17.7. The van der Waals surface area contributed by atoms with Crippen LogP contribution >= 0.6 is 0 Å². The number of benzene rings is 1. The number of unbranched alkanes of at least 4 members (excludes halogenated alkanes) is 2. The van der Waals surface area contributed by atoms with Gasteiger partial charge in [0.2, 0.25) is 0 Å². The Kier molecular flexibility index (Phi) is 5.50. The fraction of sp³-hybridized carbons (Fsp3) is 0.458. The van der Waals surface area contributed by atoms with Gasteiger partial charge in [-0.15, -0.1) is 0 Å². The maximum Gasteiger partial charge on any atom is 0.255 e. The van der Waals surface area contributed by atoms with Crippen LogP contribution in [-0.2, 0) is 26.4 Å². The molecule has 0 radical (unpaired) electrons. The van der Waals surface area contributed by atoms with Crippen molar-refractivity contribution in [2.24, 2.45) is 7.05 Å². The number of rotatable bonds is 6. The fourth-order valence-corrected chi connectivity index (χ4v) is 4.47. The first-order chi connectivity index (χ1) is 14.0. The van der Waals surface area contributed by atoms with Crippen LogP contribution in [0.5, 0.6) is 5.75 Å². The van der Waals surface area contributed by atoms with Crippen LogP contribution in [0.4, 0.5) is 0 Å². The van der Waals surface area contributed by atoms with E-state index in [0.29, 0.717) is 5.56 Å². The molecule has 0 saturated carbocycles. The molecule has 1 aromatic carbocycles. The van der Waals surface area contributed by atoms with Crippen LogP contribution in [0.15, 0.2) is 23.0 Å². The van der Waals surface area contributed by atoms with Crippen LogP contribution in [0, 0.1) is 6.92 Å². The minimum Gasteiger partial charge on any atom is -0.507 e. The van der Waals surface area contributed by atoms with E-state index in [0.717, 1.165) is 49.2 Å². The predicted octanol–water partition coefficient (Wildman–Crippen LogP) is 4.32. The van der Waals surface area contributed by atoms with E-state index in [2.05, 4.69) is 47.0 Å². The molecule has 0 unspecified atom stereocenters. The average molecular weight is 394 g/mol. The van der Waals surface area contributed by atoms with E-state index in [1.165, 1.54) is 41.4 Å². The molecule has 154 valence electrons. The largest absolute Gasteiger partial charge is 0.507 e. The van der Waals surface area contributed by atoms with E-state index in [1.807, 2.05) is 0 Å². The van der Waals surface area contributed by atoms with Gasteiger partial charge in [-0.2, -0.15) is 0 Å². The van der Waals surface area contributed by atoms with Gasteiger partial charge in [-0.25, -0.2) is 0 Å². The number of nitrogens with zero attached hydrogens (tertiary/aromatic N) is 1. The first-order valence-electron chi connectivity index (χ1n) is 10.8. The van der Waals surface area contributed by atoms with E-state index in [-0.39, 0.29) is 11.3 Å². The summed E-state index contributed by atoms with van der Waals surface area (Å²) in [7, 11) is 2.12. The van der Waals surface area contributed by atoms with Gasteiger partial charge in [0.15, 0.2) is 0 Å². The molecule has 1 aliphatic rings. The number of pyridine rings is 1. The molecule has 0 saturated heterocycles. The molecule has 5 heteroatoms. The number of aromatic hydroxyl groups is 1. The Morgan fingerprint density at radius 3 is 2.83 bits per heavy atom. The van der Waals surface area contributed by atoms with Crippen LogP contribution < -0.4 is 10.9 Å². The summed E-state index contributed by atoms with van der Waals surface area (Å²) in [6, 6.07) is 6.68. The van der Waals surface area contributed by atoms with Crippen molar-refractivity contribution in [1.82, 2.24) is 14.9 Å². The van der Waals surface area contributed by atoms with Crippen LogP contribution in [0.3, 0.4) is 0 Å². The minimum atomic E-state index is -0.209. The van der Waals surface area contributed by atoms with Gasteiger partial charge in [-0.1, -0.05) is 19.8 Å². The van der Waals surface area contributed by atoms with Gasteiger partial charge < -0.3 is 20.0 Å². The lowest BCUT2D eigenvalue weighted by Gasteiger charge is -2.13. The predicted molar refractivity (Wildman–Crippen MR) is 119 cm³/mol. The molecule has 0 aliphatic heterocycles. The lowest BCUT2D eigenvalue weighted by molar-refractivity contribution is 0.461. The molecule has 0 spiro atoms. The molecule has 0 fully saturated rings. The molecule has 3 aromatic rings. The zero-order valence-corrected chi connectivity index (χ0v) is 17.7. The monoisotopic (exact) mass is 393 g/mol. The molecule has 5 nitrogen and oxygen atoms in total. The average Bonchev–Trinajstić information content (AvgIpc) is 2.90. The van der Waals surface area contributed by atoms with E-state index in [4.69, 9.17) is 0 Å². The Balaban J connectivity index is 1.74. The fourth-order valence-electron chi connectivity index (χ4n) is 4.47. The summed E-state index contributed by atoms with van der Waals surface area (Å²) in [4.78, 5) is 15.4. The highest BCUT2D eigenvalue weighted by Crippen LogP contribution is 2.38. The van der Waals surface area contributed by atoms with Crippen molar-refractivity contribution in [1.29, 1.82) is 0 Å². The highest BCUT2D eigenvalue weighted by molar-refractivity contribution is 5.89. The van der Waals surface area contributed by atoms with Crippen molar-refractivity contribution in [3.63, 3.8) is 0 Å². The number of aromatic nitrogens is 2. The SMILES string of the molecule is CCCCCNCc1cc2cc3c(cc2n1C)CCCc1c-3[nH]c(=O)c(C)c1O. The smallest absolute Gasteiger partial charge is 0.255 e. The molecule has 0 amide bonds. The van der Waals surface area contributed by atoms with Gasteiger partial charge >= 0.3 is 0 Å². The second-order valence-corrected chi connectivity index (χ2v) is 8.28. The molecule has 2 aromatic heterocycles. The van der Waals surface area contributed by atoms with Gasteiger partial charge in [-0.3, -0.25) is 4.79 Å². The highest BCUT2D eigenvalue weighted by Gasteiger charge is 2.22. The topological polar surface area (TPSA) is 70.0 Å². The normalized spacial score (nSPS) is 13.3. The Bertz CT molecular complexity index is 1110. The van der Waals surface area contributed by atoms with Crippen molar-refractivity contribution < 1.29 is 5.11 Å². The van der Waals surface area contributed by atoms with Crippen molar-refractivity contribution in [2.45, 2.75) is 58.9 Å². The van der Waals surface area contributed by atoms with E-state index >= 15 is 0 Å². The molecular weight excluding hydrogens is 362 g/mol. The standard InChI is InChI=1S/C24H31N3O2/c1-4-5-6-10-25-14-18-11-17-12-20-16(13-21(17)27(18)3)8-7-9-19-22(20)26-24(29)15(2)23(19)28/h11-13,25H,4-10,14H2,1-3H3,(H2,26,28,29). The van der Waals surface area contributed by atoms with Gasteiger partial charge in [0.05, 0.1) is 11.3 Å². The van der Waals surface area contributed by atoms with Crippen molar-refractivity contribution >= 4 is 10.9 Å². The zero-order chi connectivity index (χ0) is 20.5. The third-order valence-corrected chi connectivity index (χ3v) is 6.29. The number of fused-ring (bicyclic) bond motifs is 4. The second-order valence-electron chi connectivity index (χ2n) is 8.28. The Labute approximate surface area is 171 Å². The maximum atomic E-state index is 12.3. The first kappa shape index (κ1) is 19.8. The lowest BCUT2D eigenvalue weighted by atomic mass is 9.98. The summed E-state index contributed by atoms with van der Waals surface area (Å²) in [5, 5.41) is 15.3. The van der Waals surface area contributed by atoms with Crippen LogP contribution in [0.1, 0.15) is 55.0 Å². The Morgan fingerprint density at radius 2 is 2.03 bits per heavy atom.